The number of nitrogens with one attached hydrogen (secondary N) is 1. The molecule has 6 heteroatoms. The second kappa shape index (κ2) is 6.92. The molecule has 0 saturated heterocycles. The normalized spacial score (nSPS) is 16.0. The summed E-state index contributed by atoms with van der Waals surface area (Å²) in [7, 11) is 1.56. The Bertz CT molecular complexity index is 1010. The number of pyridine rings is 1. The number of nitrogens with zero attached hydrogens (tertiary/aromatic N) is 2. The van der Waals surface area contributed by atoms with Crippen LogP contribution in [-0.4, -0.2) is 23.7 Å². The molecule has 0 fully saturated rings. The van der Waals surface area contributed by atoms with Crippen molar-refractivity contribution in [3.05, 3.63) is 78.0 Å². The summed E-state index contributed by atoms with van der Waals surface area (Å²) in [6.07, 6.45) is 1.62. The quantitative estimate of drug-likeness (QED) is 0.551. The molecule has 1 aromatic heterocycles. The third-order valence-electron chi connectivity index (χ3n) is 4.43. The zero-order valence-corrected chi connectivity index (χ0v) is 14.7. The molecule has 27 heavy (non-hydrogen) atoms. The van der Waals surface area contributed by atoms with Gasteiger partial charge in [0.05, 0.1) is 24.7 Å². The van der Waals surface area contributed by atoms with E-state index >= 15 is 0 Å². The number of carbonyl (C=O) groups excluding carboxylic acids is 1. The van der Waals surface area contributed by atoms with Crippen molar-refractivity contribution in [3.63, 3.8) is 0 Å². The van der Waals surface area contributed by atoms with Gasteiger partial charge in [-0.3, -0.25) is 9.79 Å². The highest BCUT2D eigenvalue weighted by molar-refractivity contribution is 6.24. The van der Waals surface area contributed by atoms with E-state index in [0.29, 0.717) is 23.0 Å². The Kier molecular flexibility index (Phi) is 4.30. The van der Waals surface area contributed by atoms with Crippen molar-refractivity contribution < 1.29 is 9.53 Å². The Morgan fingerprint density at radius 2 is 1.96 bits per heavy atom. The lowest BCUT2D eigenvalue weighted by Gasteiger charge is -2.14. The van der Waals surface area contributed by atoms with Gasteiger partial charge in [-0.15, -0.1) is 0 Å². The molecular formula is C21H18N4O2. The first-order valence-corrected chi connectivity index (χ1v) is 8.50. The van der Waals surface area contributed by atoms with Crippen molar-refractivity contribution in [3.8, 4) is 5.88 Å². The molecule has 0 bridgehead atoms. The van der Waals surface area contributed by atoms with Crippen LogP contribution in [0.15, 0.2) is 71.9 Å². The Hall–Kier alpha value is -3.67. The molecule has 2 heterocycles. The minimum absolute atomic E-state index is 0.125. The predicted molar refractivity (Wildman–Crippen MR) is 106 cm³/mol. The number of rotatable bonds is 4. The van der Waals surface area contributed by atoms with Gasteiger partial charge in [0.1, 0.15) is 5.92 Å². The van der Waals surface area contributed by atoms with Crippen molar-refractivity contribution in [2.45, 2.75) is 5.92 Å². The van der Waals surface area contributed by atoms with Crippen LogP contribution in [0.2, 0.25) is 0 Å². The van der Waals surface area contributed by atoms with Gasteiger partial charge < -0.3 is 15.8 Å². The van der Waals surface area contributed by atoms with E-state index in [1.165, 1.54) is 0 Å². The molecule has 134 valence electrons. The van der Waals surface area contributed by atoms with Crippen LogP contribution in [0.1, 0.15) is 17.0 Å². The molecule has 1 aliphatic rings. The average molecular weight is 358 g/mol. The molecule has 0 saturated carbocycles. The third kappa shape index (κ3) is 3.25. The Labute approximate surface area is 156 Å². The van der Waals surface area contributed by atoms with Crippen molar-refractivity contribution in [1.82, 2.24) is 4.98 Å². The summed E-state index contributed by atoms with van der Waals surface area (Å²) in [6.45, 7) is 0. The molecular weight excluding hydrogens is 340 g/mol. The third-order valence-corrected chi connectivity index (χ3v) is 4.43. The summed E-state index contributed by atoms with van der Waals surface area (Å²) in [5.41, 5.74) is 10.2. The number of aliphatic imine (C=N–C) groups is 1. The van der Waals surface area contributed by atoms with Crippen LogP contribution in [0, 0.1) is 0 Å². The maximum Gasteiger partial charge on any atom is 0.238 e. The van der Waals surface area contributed by atoms with Gasteiger partial charge in [-0.25, -0.2) is 4.98 Å². The van der Waals surface area contributed by atoms with Gasteiger partial charge in [-0.2, -0.15) is 0 Å². The second-order valence-corrected chi connectivity index (χ2v) is 6.19. The predicted octanol–water partition coefficient (Wildman–Crippen LogP) is 3.53. The monoisotopic (exact) mass is 358 g/mol. The summed E-state index contributed by atoms with van der Waals surface area (Å²) in [6, 6.07) is 18.7. The van der Waals surface area contributed by atoms with Crippen LogP contribution >= 0.6 is 0 Å². The van der Waals surface area contributed by atoms with Gasteiger partial charge in [0.2, 0.25) is 11.8 Å². The number of methoxy groups -OCH3 is 1. The van der Waals surface area contributed by atoms with Crippen LogP contribution < -0.4 is 15.8 Å². The van der Waals surface area contributed by atoms with Gasteiger partial charge in [0, 0.05) is 17.4 Å². The first-order chi connectivity index (χ1) is 13.2. The second-order valence-electron chi connectivity index (χ2n) is 6.19. The van der Waals surface area contributed by atoms with Crippen molar-refractivity contribution in [1.29, 1.82) is 0 Å². The molecule has 6 nitrogen and oxygen atoms in total. The van der Waals surface area contributed by atoms with E-state index < -0.39 is 5.92 Å². The zero-order valence-electron chi connectivity index (χ0n) is 14.7. The summed E-state index contributed by atoms with van der Waals surface area (Å²) in [5.74, 6) is -0.139. The van der Waals surface area contributed by atoms with Crippen LogP contribution in [0.25, 0.3) is 0 Å². The molecule has 0 spiro atoms. The number of amides is 1. The minimum Gasteiger partial charge on any atom is -0.481 e. The zero-order chi connectivity index (χ0) is 18.8. The van der Waals surface area contributed by atoms with Crippen molar-refractivity contribution in [2.75, 3.05) is 18.2 Å². The maximum absolute atomic E-state index is 12.8. The number of aromatic nitrogens is 1. The molecule has 1 unspecified atom stereocenters. The average Bonchev–Trinajstić information content (AvgIpc) is 3.02. The lowest BCUT2D eigenvalue weighted by molar-refractivity contribution is -0.115. The highest BCUT2D eigenvalue weighted by Crippen LogP contribution is 2.37. The molecule has 0 aliphatic carbocycles. The molecule has 1 atom stereocenters. The van der Waals surface area contributed by atoms with E-state index in [0.717, 1.165) is 16.8 Å². The fourth-order valence-corrected chi connectivity index (χ4v) is 3.15. The number of nitrogens with two attached hydrogens (primary N) is 1. The number of hydrogen-bond acceptors (Lipinski definition) is 5. The Balaban J connectivity index is 1.84. The summed E-state index contributed by atoms with van der Waals surface area (Å²) in [4.78, 5) is 21.7. The lowest BCUT2D eigenvalue weighted by atomic mass is 9.90. The van der Waals surface area contributed by atoms with Crippen LogP contribution in [-0.2, 0) is 4.79 Å². The Morgan fingerprint density at radius 1 is 1.15 bits per heavy atom. The summed E-state index contributed by atoms with van der Waals surface area (Å²) < 4.78 is 5.10. The number of hydrogen-bond donors (Lipinski definition) is 2. The summed E-state index contributed by atoms with van der Waals surface area (Å²) in [5, 5.41) is 2.91. The fraction of sp³-hybridized carbons (Fsp3) is 0.0952. The maximum atomic E-state index is 12.8. The minimum atomic E-state index is -0.523. The topological polar surface area (TPSA) is 89.6 Å². The standard InChI is InChI=1S/C21H18N4O2/c1-27-18-10-8-15(12-23-18)24-20(13-5-3-2-4-6-13)19-16-9-7-14(22)11-17(16)25-21(19)26/h2-12,19H,22H2,1H3,(H,25,26). The van der Waals surface area contributed by atoms with Crippen molar-refractivity contribution >= 4 is 28.7 Å². The number of ether oxygens (including phenoxy) is 1. The number of benzene rings is 2. The smallest absolute Gasteiger partial charge is 0.238 e. The molecule has 1 amide bonds. The number of fused-ring (bicyclic) bond motifs is 1. The van der Waals surface area contributed by atoms with Gasteiger partial charge >= 0.3 is 0 Å². The Morgan fingerprint density at radius 3 is 2.67 bits per heavy atom. The summed E-state index contributed by atoms with van der Waals surface area (Å²) >= 11 is 0. The van der Waals surface area contributed by atoms with Gasteiger partial charge in [0.15, 0.2) is 0 Å². The highest BCUT2D eigenvalue weighted by atomic mass is 16.5. The fourth-order valence-electron chi connectivity index (χ4n) is 3.15. The molecule has 3 N–H and O–H groups in total. The van der Waals surface area contributed by atoms with Gasteiger partial charge in [-0.1, -0.05) is 36.4 Å². The molecule has 1 aliphatic heterocycles. The van der Waals surface area contributed by atoms with E-state index in [1.54, 1.807) is 31.5 Å². The number of anilines is 2. The van der Waals surface area contributed by atoms with Crippen LogP contribution in [0.5, 0.6) is 5.88 Å². The number of carbonyl (C=O) groups is 1. The number of nitrogen functional groups attached to an aromatic ring is 1. The molecule has 0 radical (unpaired) electrons. The van der Waals surface area contributed by atoms with E-state index in [-0.39, 0.29) is 5.91 Å². The first kappa shape index (κ1) is 16.8. The van der Waals surface area contributed by atoms with Gasteiger partial charge in [-0.05, 0) is 29.3 Å². The largest absolute Gasteiger partial charge is 0.481 e. The van der Waals surface area contributed by atoms with E-state index in [2.05, 4.69) is 10.3 Å². The van der Waals surface area contributed by atoms with Crippen LogP contribution in [0.4, 0.5) is 17.1 Å². The van der Waals surface area contributed by atoms with E-state index in [9.17, 15) is 4.79 Å². The lowest BCUT2D eigenvalue weighted by Crippen LogP contribution is -2.21. The van der Waals surface area contributed by atoms with Crippen LogP contribution in [0.3, 0.4) is 0 Å². The molecule has 2 aromatic carbocycles. The van der Waals surface area contributed by atoms with Crippen molar-refractivity contribution in [2.24, 2.45) is 4.99 Å². The van der Waals surface area contributed by atoms with E-state index in [1.807, 2.05) is 42.5 Å². The van der Waals surface area contributed by atoms with E-state index in [4.69, 9.17) is 15.5 Å². The molecule has 3 aromatic rings. The molecule has 4 rings (SSSR count). The first-order valence-electron chi connectivity index (χ1n) is 8.50. The van der Waals surface area contributed by atoms with Gasteiger partial charge in [0.25, 0.3) is 0 Å². The SMILES string of the molecule is COc1ccc(N=C(c2ccccc2)C2C(=O)Nc3cc(N)ccc32)cn1. The highest BCUT2D eigenvalue weighted by Gasteiger charge is 2.35.